The van der Waals surface area contributed by atoms with Crippen LogP contribution in [0.25, 0.3) is 11.1 Å². The van der Waals surface area contributed by atoms with E-state index in [1.807, 2.05) is 0 Å². The summed E-state index contributed by atoms with van der Waals surface area (Å²) < 4.78 is 44.4. The number of carboxylic acid groups (broad SMARTS) is 1. The molecule has 15 rings (SSSR count). The molecular weight excluding hydrogens is 1630 g/mol. The largest absolute Gasteiger partial charge is 0.508 e. The summed E-state index contributed by atoms with van der Waals surface area (Å²) in [5.41, 5.74) is -3.05. The Morgan fingerprint density at radius 3 is 1.79 bits per heavy atom. The highest BCUT2D eigenvalue weighted by molar-refractivity contribution is 6.33. The molecule has 8 heterocycles. The van der Waals surface area contributed by atoms with Crippen LogP contribution in [0.3, 0.4) is 0 Å². The van der Waals surface area contributed by atoms with Crippen molar-refractivity contribution in [3.63, 3.8) is 0 Å². The van der Waals surface area contributed by atoms with E-state index in [9.17, 15) is 80.8 Å². The third kappa shape index (κ3) is 19.1. The van der Waals surface area contributed by atoms with E-state index < -0.39 is 265 Å². The van der Waals surface area contributed by atoms with Gasteiger partial charge < -0.3 is 142 Å². The molecule has 0 aliphatic carbocycles. The van der Waals surface area contributed by atoms with Gasteiger partial charge in [-0.15, -0.1) is 0 Å². The van der Waals surface area contributed by atoms with Gasteiger partial charge in [-0.05, 0) is 114 Å². The summed E-state index contributed by atoms with van der Waals surface area (Å²) in [6, 6.07) is 5.35. The van der Waals surface area contributed by atoms with Gasteiger partial charge in [-0.1, -0.05) is 112 Å². The smallest absolute Gasteiger partial charge is 0.330 e. The zero-order chi connectivity index (χ0) is 86.5. The number of ether oxygens (including phenoxy) is 7. The fourth-order valence-corrected chi connectivity index (χ4v) is 15.7. The number of halogens is 2. The van der Waals surface area contributed by atoms with Crippen LogP contribution in [0.4, 0.5) is 0 Å². The average Bonchev–Trinajstić information content (AvgIpc) is 0.770. The second-order valence-electron chi connectivity index (χ2n) is 30.1. The number of nitrogens with one attached hydrogen (secondary N) is 8. The third-order valence-electron chi connectivity index (χ3n) is 21.7. The minimum Gasteiger partial charge on any atom is -0.508 e. The minimum atomic E-state index is -2.42. The maximum absolute atomic E-state index is 16.7. The monoisotopic (exact) mass is 1720 g/mol. The molecule has 18 atom stereocenters. The van der Waals surface area contributed by atoms with Crippen molar-refractivity contribution >= 4 is 70.5 Å². The Balaban J connectivity index is 1.03. The van der Waals surface area contributed by atoms with E-state index in [0.29, 0.717) is 18.4 Å². The predicted molar refractivity (Wildman–Crippen MR) is 423 cm³/mol. The first-order valence-electron chi connectivity index (χ1n) is 39.1. The molecule has 36 nitrogen and oxygen atoms in total. The molecule has 7 amide bonds. The molecule has 17 bridgehead atoms. The first-order valence-corrected chi connectivity index (χ1v) is 39.8. The molecule has 0 aromatic heterocycles. The van der Waals surface area contributed by atoms with Gasteiger partial charge in [-0.3, -0.25) is 33.6 Å². The SMILES string of the molecule is CCCCCCCCCCCC(=O)N[C@H]1[C@H](Oc2c3cc4cc2Oc2ccc(cc2Cl)[C@@H](O)[C@@H]2NC(=O)[C@H](NC(=O)[C@@H]4NC(=O)[C@H]4NC(=O)[C@@H](Cc5ccc(cc5)O3)NC(=O)[C@H](NC)c3ccc(O)c(c3)Oc3cc(O)c(Cl)c4c3)c3ccc(O)c(c3)-c3c(O[C@H]4O[C@H](CO)[C@@H](O)[C@H](O)[C@@H]4O)cc(O)cc3[C@H](C(=O)O)NC2=O)O[C@H](CO)[C@@H](O)[C@@H]1O. The van der Waals surface area contributed by atoms with Crippen LogP contribution in [-0.4, -0.2) is 207 Å². The number of aromatic hydroxyl groups is 4. The molecule has 2 fully saturated rings. The van der Waals surface area contributed by atoms with Gasteiger partial charge in [-0.2, -0.15) is 0 Å². The molecule has 121 heavy (non-hydrogen) atoms. The third-order valence-corrected chi connectivity index (χ3v) is 22.5. The van der Waals surface area contributed by atoms with Gasteiger partial charge in [0.15, 0.2) is 29.0 Å². The number of aliphatic hydroxyl groups excluding tert-OH is 8. The Kier molecular flexibility index (Phi) is 27.3. The highest BCUT2D eigenvalue weighted by Crippen LogP contribution is 2.50. The number of carboxylic acids is 1. The van der Waals surface area contributed by atoms with Crippen LogP contribution in [-0.2, 0) is 54.3 Å². The number of benzene rings is 7. The first kappa shape index (κ1) is 87.5. The average molecular weight is 1720 g/mol. The standard InChI is InChI=1S/C83H90Cl2N8O28/c1-3-4-5-6-7-8-9-10-11-12-58(100)88-67-71(104)69(102)56(33-94)119-82(67)121-74-54-27-39-28-55(74)117-51-22-17-38(25-46(51)84)68(101)66-80(112)92-65(81(113)114)44-29-40(96)30-53(118-83-73(106)72(105)70(103)57(34-95)120-83)59(44)43-24-36(15-20-48(43)97)62(77(109)93-66)89-78(110)63(39)90-79(111)64-45-31-42(32-50(99)60(45)85)116-52-26-37(16-21-49(52)98)61(86-2)76(108)87-47(75(107)91-64)23-35-13-18-41(115-54)19-14-35/h13-22,24-32,47,56-57,61-73,82-83,86,94-99,101-106H,3-12,23,33-34H2,1-2H3,(H,87,108)(H,88,100)(H,89,110)(H,90,111)(H,91,107)(H,92,112)(H,93,109)(H,113,114)/t47-,56-,57-,61-,62-,63-,64+,65-,66+,67-,68-,69-,70-,71-,72+,73+,82+,83+/m1/s1. The number of aliphatic hydroxyl groups is 8. The topological polar surface area (TPSA) is 560 Å². The van der Waals surface area contributed by atoms with Crippen LogP contribution in [0.15, 0.2) is 115 Å². The van der Waals surface area contributed by atoms with Gasteiger partial charge in [0, 0.05) is 47.2 Å². The van der Waals surface area contributed by atoms with Gasteiger partial charge in [0.05, 0.1) is 23.3 Å². The highest BCUT2D eigenvalue weighted by Gasteiger charge is 2.50. The molecule has 8 aliphatic heterocycles. The van der Waals surface area contributed by atoms with E-state index in [4.69, 9.17) is 56.4 Å². The molecule has 0 saturated carbocycles. The number of phenolic OH excluding ortho intramolecular Hbond substituents is 4. The van der Waals surface area contributed by atoms with Gasteiger partial charge in [-0.25, -0.2) is 4.79 Å². The van der Waals surface area contributed by atoms with E-state index in [1.165, 1.54) is 49.5 Å². The second kappa shape index (κ2) is 37.7. The number of likely N-dealkylation sites (N-methyl/N-ethyl adjacent to an activating group) is 1. The summed E-state index contributed by atoms with van der Waals surface area (Å²) in [6.45, 7) is 0.189. The number of phenols is 4. The lowest BCUT2D eigenvalue weighted by molar-refractivity contribution is -0.277. The van der Waals surface area contributed by atoms with E-state index in [1.54, 1.807) is 0 Å². The molecular formula is C83H90Cl2N8O28. The zero-order valence-corrected chi connectivity index (χ0v) is 66.3. The van der Waals surface area contributed by atoms with Gasteiger partial charge in [0.2, 0.25) is 59.7 Å². The normalized spacial score (nSPS) is 26.6. The molecule has 0 spiro atoms. The number of hydrogen-bond donors (Lipinski definition) is 21. The number of unbranched alkanes of at least 4 members (excludes halogenated alkanes) is 8. The summed E-state index contributed by atoms with van der Waals surface area (Å²) in [5.74, 6) is -16.9. The molecule has 0 unspecified atom stereocenters. The highest BCUT2D eigenvalue weighted by atomic mass is 35.5. The van der Waals surface area contributed by atoms with Crippen molar-refractivity contribution in [2.24, 2.45) is 0 Å². The minimum absolute atomic E-state index is 0.0784. The zero-order valence-electron chi connectivity index (χ0n) is 64.7. The van der Waals surface area contributed by atoms with E-state index >= 15 is 24.0 Å². The Bertz CT molecular complexity index is 5080. The fourth-order valence-electron chi connectivity index (χ4n) is 15.3. The van der Waals surface area contributed by atoms with Crippen molar-refractivity contribution < 1.29 is 138 Å². The number of rotatable bonds is 19. The Hall–Kier alpha value is -11.4. The summed E-state index contributed by atoms with van der Waals surface area (Å²) in [6.07, 6.45) is -12.1. The number of aliphatic carboxylic acids is 1. The number of carbonyl (C=O) groups is 8. The molecule has 7 aromatic rings. The van der Waals surface area contributed by atoms with Crippen molar-refractivity contribution in [2.45, 2.75) is 187 Å². The van der Waals surface area contributed by atoms with Crippen LogP contribution in [0.2, 0.25) is 10.0 Å². The number of amides is 7. The van der Waals surface area contributed by atoms with E-state index in [2.05, 4.69) is 49.5 Å². The lowest BCUT2D eigenvalue weighted by Gasteiger charge is -2.42. The maximum atomic E-state index is 16.7. The first-order chi connectivity index (χ1) is 57.9. The van der Waals surface area contributed by atoms with Gasteiger partial charge in [0.1, 0.15) is 131 Å². The number of fused-ring (bicyclic) bond motifs is 14. The molecule has 21 N–H and O–H groups in total. The Morgan fingerprint density at radius 2 is 1.12 bits per heavy atom. The van der Waals surface area contributed by atoms with Gasteiger partial charge in [0.25, 0.3) is 0 Å². The van der Waals surface area contributed by atoms with Crippen molar-refractivity contribution in [3.05, 3.63) is 164 Å². The van der Waals surface area contributed by atoms with Crippen molar-refractivity contribution in [1.29, 1.82) is 0 Å². The van der Waals surface area contributed by atoms with E-state index in [0.717, 1.165) is 118 Å². The molecule has 0 radical (unpaired) electrons. The predicted octanol–water partition coefficient (Wildman–Crippen LogP) is 4.24. The maximum Gasteiger partial charge on any atom is 0.330 e. The van der Waals surface area contributed by atoms with Crippen LogP contribution >= 0.6 is 23.2 Å². The van der Waals surface area contributed by atoms with E-state index in [-0.39, 0.29) is 41.2 Å². The van der Waals surface area contributed by atoms with Crippen LogP contribution in [0, 0.1) is 0 Å². The van der Waals surface area contributed by atoms with Crippen LogP contribution < -0.4 is 66.2 Å². The summed E-state index contributed by atoms with van der Waals surface area (Å²) in [5, 5.41) is 168. The summed E-state index contributed by atoms with van der Waals surface area (Å²) >= 11 is 14.2. The van der Waals surface area contributed by atoms with Crippen LogP contribution in [0.5, 0.6) is 69.0 Å². The molecule has 2 saturated heterocycles. The number of hydrogen-bond acceptors (Lipinski definition) is 28. The molecule has 7 aromatic carbocycles. The van der Waals surface area contributed by atoms with Crippen molar-refractivity contribution in [1.82, 2.24) is 42.5 Å². The van der Waals surface area contributed by atoms with Gasteiger partial charge >= 0.3 is 5.97 Å². The Morgan fingerprint density at radius 1 is 0.512 bits per heavy atom. The fraction of sp³-hybridized carbons (Fsp3) is 0.398. The Labute approximate surface area is 699 Å². The van der Waals surface area contributed by atoms with Crippen molar-refractivity contribution in [2.75, 3.05) is 20.3 Å². The molecule has 644 valence electrons. The number of carbonyl (C=O) groups excluding carboxylic acids is 7. The second-order valence-corrected chi connectivity index (χ2v) is 30.9. The van der Waals surface area contributed by atoms with Crippen molar-refractivity contribution in [3.8, 4) is 80.1 Å². The molecule has 8 aliphatic rings. The molecule has 38 heteroatoms. The summed E-state index contributed by atoms with van der Waals surface area (Å²) in [7, 11) is 1.43. The quantitative estimate of drug-likeness (QED) is 0.0503. The summed E-state index contributed by atoms with van der Waals surface area (Å²) in [4.78, 5) is 123. The van der Waals surface area contributed by atoms with Crippen LogP contribution in [0.1, 0.15) is 146 Å². The lowest BCUT2D eigenvalue weighted by Crippen LogP contribution is -2.65. The lowest BCUT2D eigenvalue weighted by atomic mass is 9.89.